The minimum atomic E-state index is -0.270. The first-order valence-electron chi connectivity index (χ1n) is 6.02. The number of methoxy groups -OCH3 is 1. The predicted molar refractivity (Wildman–Crippen MR) is 83.3 cm³/mol. The highest BCUT2D eigenvalue weighted by atomic mass is 32.1. The fraction of sp³-hybridized carbons (Fsp3) is 0.133. The van der Waals surface area contributed by atoms with Crippen LogP contribution in [0.25, 0.3) is 0 Å². The maximum absolute atomic E-state index is 13.1. The molecule has 3 nitrogen and oxygen atoms in total. The highest BCUT2D eigenvalue weighted by Gasteiger charge is 2.09. The van der Waals surface area contributed by atoms with Gasteiger partial charge in [-0.05, 0) is 42.8 Å². The summed E-state index contributed by atoms with van der Waals surface area (Å²) in [6, 6.07) is 9.92. The van der Waals surface area contributed by atoms with Crippen molar-refractivity contribution in [2.75, 3.05) is 12.4 Å². The van der Waals surface area contributed by atoms with Crippen molar-refractivity contribution in [3.63, 3.8) is 0 Å². The average Bonchev–Trinajstić information content (AvgIpc) is 2.41. The average molecular weight is 290 g/mol. The number of nitrogens with two attached hydrogens (primary N) is 1. The molecule has 0 saturated carbocycles. The van der Waals surface area contributed by atoms with Gasteiger partial charge in [0.1, 0.15) is 16.6 Å². The molecule has 0 aliphatic carbocycles. The molecule has 0 unspecified atom stereocenters. The molecule has 0 aliphatic heterocycles. The van der Waals surface area contributed by atoms with Crippen LogP contribution in [0.4, 0.5) is 15.8 Å². The van der Waals surface area contributed by atoms with Gasteiger partial charge in [0, 0.05) is 17.3 Å². The number of halogens is 1. The molecule has 0 radical (unpaired) electrons. The molecule has 5 heteroatoms. The van der Waals surface area contributed by atoms with Gasteiger partial charge in [0.25, 0.3) is 0 Å². The molecule has 2 aromatic carbocycles. The molecule has 0 fully saturated rings. The summed E-state index contributed by atoms with van der Waals surface area (Å²) < 4.78 is 18.3. The lowest BCUT2D eigenvalue weighted by Gasteiger charge is -2.14. The van der Waals surface area contributed by atoms with Gasteiger partial charge in [-0.15, -0.1) is 0 Å². The Labute approximate surface area is 122 Å². The normalized spacial score (nSPS) is 10.2. The molecule has 0 heterocycles. The predicted octanol–water partition coefficient (Wildman–Crippen LogP) is 3.52. The fourth-order valence-electron chi connectivity index (χ4n) is 1.88. The Morgan fingerprint density at radius 2 is 1.95 bits per heavy atom. The highest BCUT2D eigenvalue weighted by Crippen LogP contribution is 2.27. The molecule has 0 spiro atoms. The van der Waals surface area contributed by atoms with Crippen LogP contribution < -0.4 is 15.8 Å². The first-order chi connectivity index (χ1) is 9.51. The van der Waals surface area contributed by atoms with E-state index >= 15 is 0 Å². The third kappa shape index (κ3) is 3.05. The van der Waals surface area contributed by atoms with E-state index in [1.165, 1.54) is 12.1 Å². The minimum absolute atomic E-state index is 0.270. The van der Waals surface area contributed by atoms with Crippen LogP contribution in [0.2, 0.25) is 0 Å². The Morgan fingerprint density at radius 3 is 2.55 bits per heavy atom. The largest absolute Gasteiger partial charge is 0.497 e. The summed E-state index contributed by atoms with van der Waals surface area (Å²) >= 11 is 5.04. The van der Waals surface area contributed by atoms with Crippen LogP contribution in [0, 0.1) is 12.7 Å². The van der Waals surface area contributed by atoms with Crippen LogP contribution in [-0.2, 0) is 0 Å². The van der Waals surface area contributed by atoms with Gasteiger partial charge < -0.3 is 15.8 Å². The summed E-state index contributed by atoms with van der Waals surface area (Å²) in [5.41, 5.74) is 8.74. The molecular formula is C15H15FN2OS. The monoisotopic (exact) mass is 290 g/mol. The van der Waals surface area contributed by atoms with Crippen molar-refractivity contribution < 1.29 is 9.13 Å². The van der Waals surface area contributed by atoms with Crippen LogP contribution in [0.1, 0.15) is 11.1 Å². The number of benzene rings is 2. The molecule has 2 rings (SSSR count). The maximum Gasteiger partial charge on any atom is 0.123 e. The smallest absolute Gasteiger partial charge is 0.123 e. The van der Waals surface area contributed by atoms with Gasteiger partial charge in [0.15, 0.2) is 0 Å². The van der Waals surface area contributed by atoms with Crippen molar-refractivity contribution >= 4 is 28.6 Å². The standard InChI is InChI=1S/C15H15FN2OS/c1-9-7-10(16)3-6-13(9)18-14-8-11(19-2)4-5-12(14)15(17)20/h3-8,18H,1-2H3,(H2,17,20). The molecule has 0 aromatic heterocycles. The molecule has 104 valence electrons. The first-order valence-corrected chi connectivity index (χ1v) is 6.43. The maximum atomic E-state index is 13.1. The lowest BCUT2D eigenvalue weighted by atomic mass is 10.1. The minimum Gasteiger partial charge on any atom is -0.497 e. The second kappa shape index (κ2) is 5.88. The summed E-state index contributed by atoms with van der Waals surface area (Å²) in [6.07, 6.45) is 0. The van der Waals surface area contributed by atoms with Gasteiger partial charge in [-0.25, -0.2) is 4.39 Å². The van der Waals surface area contributed by atoms with E-state index in [0.29, 0.717) is 11.3 Å². The molecule has 3 N–H and O–H groups in total. The van der Waals surface area contributed by atoms with E-state index in [9.17, 15) is 4.39 Å². The van der Waals surface area contributed by atoms with E-state index in [2.05, 4.69) is 5.32 Å². The van der Waals surface area contributed by atoms with Crippen molar-refractivity contribution in [1.82, 2.24) is 0 Å². The van der Waals surface area contributed by atoms with Gasteiger partial charge >= 0.3 is 0 Å². The van der Waals surface area contributed by atoms with Crippen LogP contribution in [0.5, 0.6) is 5.75 Å². The van der Waals surface area contributed by atoms with Crippen molar-refractivity contribution in [1.29, 1.82) is 0 Å². The summed E-state index contributed by atoms with van der Waals surface area (Å²) in [5, 5.41) is 3.21. The molecule has 20 heavy (non-hydrogen) atoms. The third-order valence-electron chi connectivity index (χ3n) is 2.95. The lowest BCUT2D eigenvalue weighted by Crippen LogP contribution is -2.12. The van der Waals surface area contributed by atoms with E-state index in [1.807, 2.05) is 6.92 Å². The third-order valence-corrected chi connectivity index (χ3v) is 3.17. The lowest BCUT2D eigenvalue weighted by molar-refractivity contribution is 0.415. The van der Waals surface area contributed by atoms with E-state index < -0.39 is 0 Å². The van der Waals surface area contributed by atoms with Crippen LogP contribution in [0.3, 0.4) is 0 Å². The van der Waals surface area contributed by atoms with Crippen LogP contribution >= 0.6 is 12.2 Å². The second-order valence-corrected chi connectivity index (χ2v) is 4.80. The number of rotatable bonds is 4. The highest BCUT2D eigenvalue weighted by molar-refractivity contribution is 7.80. The van der Waals surface area contributed by atoms with Crippen LogP contribution in [-0.4, -0.2) is 12.1 Å². The summed E-state index contributed by atoms with van der Waals surface area (Å²) in [5.74, 6) is 0.417. The van der Waals surface area contributed by atoms with Crippen molar-refractivity contribution in [2.45, 2.75) is 6.92 Å². The molecule has 0 bridgehead atoms. The fourth-order valence-corrected chi connectivity index (χ4v) is 2.06. The first kappa shape index (κ1) is 14.3. The van der Waals surface area contributed by atoms with Crippen molar-refractivity contribution in [3.8, 4) is 5.75 Å². The van der Waals surface area contributed by atoms with Crippen molar-refractivity contribution in [2.24, 2.45) is 5.73 Å². The number of thiocarbonyl (C=S) groups is 1. The zero-order valence-corrected chi connectivity index (χ0v) is 12.1. The quantitative estimate of drug-likeness (QED) is 0.846. The van der Waals surface area contributed by atoms with E-state index in [-0.39, 0.29) is 10.8 Å². The van der Waals surface area contributed by atoms with E-state index in [0.717, 1.165) is 16.9 Å². The number of nitrogens with one attached hydrogen (secondary N) is 1. The number of hydrogen-bond donors (Lipinski definition) is 2. The SMILES string of the molecule is COc1ccc(C(N)=S)c(Nc2ccc(F)cc2C)c1. The second-order valence-electron chi connectivity index (χ2n) is 4.36. The summed E-state index contributed by atoms with van der Waals surface area (Å²) in [6.45, 7) is 1.83. The molecule has 0 atom stereocenters. The van der Waals surface area contributed by atoms with Crippen molar-refractivity contribution in [3.05, 3.63) is 53.3 Å². The summed E-state index contributed by atoms with van der Waals surface area (Å²) in [4.78, 5) is 0.287. The van der Waals surface area contributed by atoms with Gasteiger partial charge in [0.05, 0.1) is 12.8 Å². The molecular weight excluding hydrogens is 275 g/mol. The van der Waals surface area contributed by atoms with Gasteiger partial charge in [-0.2, -0.15) is 0 Å². The Hall–Kier alpha value is -2.14. The molecule has 0 amide bonds. The molecule has 0 aliphatic rings. The number of anilines is 2. The van der Waals surface area contributed by atoms with Gasteiger partial charge in [0.2, 0.25) is 0 Å². The number of aryl methyl sites for hydroxylation is 1. The van der Waals surface area contributed by atoms with Crippen LogP contribution in [0.15, 0.2) is 36.4 Å². The Bertz CT molecular complexity index is 658. The molecule has 0 saturated heterocycles. The van der Waals surface area contributed by atoms with Gasteiger partial charge in [-0.3, -0.25) is 0 Å². The Morgan fingerprint density at radius 1 is 1.20 bits per heavy atom. The van der Waals surface area contributed by atoms with Gasteiger partial charge in [-0.1, -0.05) is 12.2 Å². The molecule has 2 aromatic rings. The number of hydrogen-bond acceptors (Lipinski definition) is 3. The van der Waals surface area contributed by atoms with E-state index in [4.69, 9.17) is 22.7 Å². The topological polar surface area (TPSA) is 47.3 Å². The number of ether oxygens (including phenoxy) is 1. The van der Waals surface area contributed by atoms with E-state index in [1.54, 1.807) is 31.4 Å². The summed E-state index contributed by atoms with van der Waals surface area (Å²) in [7, 11) is 1.59. The zero-order valence-electron chi connectivity index (χ0n) is 11.2. The Balaban J connectivity index is 2.43. The Kier molecular flexibility index (Phi) is 4.20. The zero-order chi connectivity index (χ0) is 14.7.